The zero-order valence-corrected chi connectivity index (χ0v) is 19.0. The molecule has 0 radical (unpaired) electrons. The van der Waals surface area contributed by atoms with Crippen molar-refractivity contribution < 1.29 is 9.53 Å². The molecule has 170 valence electrons. The summed E-state index contributed by atoms with van der Waals surface area (Å²) in [5.41, 5.74) is 9.58. The number of carbonyl (C=O) groups is 1. The summed E-state index contributed by atoms with van der Waals surface area (Å²) < 4.78 is 5.35. The largest absolute Gasteiger partial charge is 0.378 e. The van der Waals surface area contributed by atoms with Gasteiger partial charge in [-0.15, -0.1) is 0 Å². The smallest absolute Gasteiger partial charge is 0.254 e. The lowest BCUT2D eigenvalue weighted by Gasteiger charge is -2.27. The molecule has 35 heavy (non-hydrogen) atoms. The minimum absolute atomic E-state index is 0.0486. The lowest BCUT2D eigenvalue weighted by atomic mass is 10.0. The van der Waals surface area contributed by atoms with E-state index in [0.717, 1.165) is 39.1 Å². The van der Waals surface area contributed by atoms with Gasteiger partial charge < -0.3 is 19.5 Å². The molecule has 0 saturated carbocycles. The van der Waals surface area contributed by atoms with E-state index in [1.807, 2.05) is 70.6 Å². The summed E-state index contributed by atoms with van der Waals surface area (Å²) in [6, 6.07) is 11.7. The van der Waals surface area contributed by atoms with Gasteiger partial charge in [-0.25, -0.2) is 4.98 Å². The second-order valence-electron chi connectivity index (χ2n) is 8.37. The van der Waals surface area contributed by atoms with Crippen molar-refractivity contribution in [2.24, 2.45) is 0 Å². The molecule has 5 heterocycles. The second-order valence-corrected chi connectivity index (χ2v) is 8.37. The monoisotopic (exact) mass is 458 g/mol. The molecular formula is C29H22N4O2. The number of allylic oxidation sites excluding steroid dienone is 5. The van der Waals surface area contributed by atoms with Gasteiger partial charge in [-0.2, -0.15) is 0 Å². The van der Waals surface area contributed by atoms with Crippen LogP contribution in [-0.2, 0) is 4.74 Å². The molecular weight excluding hydrogens is 436 g/mol. The Morgan fingerprint density at radius 3 is 2.77 bits per heavy atom. The number of H-pyrrole nitrogens is 1. The van der Waals surface area contributed by atoms with E-state index < -0.39 is 0 Å². The summed E-state index contributed by atoms with van der Waals surface area (Å²) in [6.45, 7) is 2.46. The van der Waals surface area contributed by atoms with Crippen molar-refractivity contribution >= 4 is 22.5 Å². The molecule has 1 amide bonds. The fraction of sp³-hybridized carbons (Fsp3) is 0.138. The fourth-order valence-corrected chi connectivity index (χ4v) is 4.33. The Morgan fingerprint density at radius 1 is 1.06 bits per heavy atom. The fourth-order valence-electron chi connectivity index (χ4n) is 4.33. The highest BCUT2D eigenvalue weighted by molar-refractivity contribution is 5.95. The van der Waals surface area contributed by atoms with Crippen LogP contribution in [0.3, 0.4) is 0 Å². The van der Waals surface area contributed by atoms with Crippen molar-refractivity contribution in [3.8, 4) is 11.8 Å². The number of aromatic amines is 1. The SMILES string of the molecule is O=C(c1ccc(C2=CN3C(=C=CC=C3C#Cc3ccnc4[nH]ccc34)C=C2)cc1)N1CCOCC1. The Morgan fingerprint density at radius 2 is 1.91 bits per heavy atom. The third kappa shape index (κ3) is 4.11. The van der Waals surface area contributed by atoms with Crippen molar-refractivity contribution in [2.75, 3.05) is 26.3 Å². The summed E-state index contributed by atoms with van der Waals surface area (Å²) >= 11 is 0. The van der Waals surface area contributed by atoms with Crippen LogP contribution in [0.15, 0.2) is 96.4 Å². The first-order chi connectivity index (χ1) is 17.3. The van der Waals surface area contributed by atoms with Crippen molar-refractivity contribution in [1.29, 1.82) is 0 Å². The molecule has 0 spiro atoms. The zero-order chi connectivity index (χ0) is 23.6. The van der Waals surface area contributed by atoms with Gasteiger partial charge in [-0.1, -0.05) is 29.9 Å². The van der Waals surface area contributed by atoms with Gasteiger partial charge in [-0.05, 0) is 59.6 Å². The van der Waals surface area contributed by atoms with Crippen LogP contribution in [0.25, 0.3) is 16.6 Å². The van der Waals surface area contributed by atoms with E-state index in [0.29, 0.717) is 31.9 Å². The van der Waals surface area contributed by atoms with E-state index in [4.69, 9.17) is 4.74 Å². The molecule has 1 aromatic carbocycles. The Labute approximate surface area is 203 Å². The number of aromatic nitrogens is 2. The Hall–Kier alpha value is -4.56. The maximum Gasteiger partial charge on any atom is 0.254 e. The van der Waals surface area contributed by atoms with Crippen LogP contribution < -0.4 is 0 Å². The van der Waals surface area contributed by atoms with E-state index in [2.05, 4.69) is 39.8 Å². The van der Waals surface area contributed by atoms with Gasteiger partial charge in [0, 0.05) is 48.2 Å². The van der Waals surface area contributed by atoms with Gasteiger partial charge in [0.2, 0.25) is 0 Å². The van der Waals surface area contributed by atoms with E-state index >= 15 is 0 Å². The molecule has 0 atom stereocenters. The number of amides is 1. The average molecular weight is 459 g/mol. The number of fused-ring (bicyclic) bond motifs is 2. The average Bonchev–Trinajstić information content (AvgIpc) is 3.41. The van der Waals surface area contributed by atoms with Crippen LogP contribution in [-0.4, -0.2) is 52.0 Å². The molecule has 3 aromatic rings. The van der Waals surface area contributed by atoms with Crippen LogP contribution in [0.1, 0.15) is 21.5 Å². The third-order valence-corrected chi connectivity index (χ3v) is 6.23. The lowest BCUT2D eigenvalue weighted by molar-refractivity contribution is 0.0303. The minimum Gasteiger partial charge on any atom is -0.378 e. The Balaban J connectivity index is 1.25. The van der Waals surface area contributed by atoms with Crippen molar-refractivity contribution in [3.63, 3.8) is 0 Å². The standard InChI is InChI=1S/C29H22N4O2/c34-29(32-16-18-35-19-17-32)23-6-4-21(5-7-23)24-9-11-26-3-1-2-25(33(26)20-24)10-8-22-12-14-30-28-27(22)13-15-31-28/h1-2,4-7,9,11-15,20H,16-19H2,(H,30,31). The van der Waals surface area contributed by atoms with Gasteiger partial charge in [0.15, 0.2) is 0 Å². The van der Waals surface area contributed by atoms with Crippen LogP contribution in [0.5, 0.6) is 0 Å². The number of hydrogen-bond donors (Lipinski definition) is 1. The predicted octanol–water partition coefficient (Wildman–Crippen LogP) is 4.24. The van der Waals surface area contributed by atoms with Crippen molar-refractivity contribution in [1.82, 2.24) is 19.8 Å². The predicted molar refractivity (Wildman–Crippen MR) is 135 cm³/mol. The highest BCUT2D eigenvalue weighted by Crippen LogP contribution is 2.29. The van der Waals surface area contributed by atoms with Crippen LogP contribution in [0.2, 0.25) is 0 Å². The normalized spacial score (nSPS) is 16.7. The van der Waals surface area contributed by atoms with Gasteiger partial charge in [0.25, 0.3) is 5.91 Å². The first-order valence-corrected chi connectivity index (χ1v) is 11.5. The van der Waals surface area contributed by atoms with Crippen LogP contribution in [0.4, 0.5) is 0 Å². The summed E-state index contributed by atoms with van der Waals surface area (Å²) in [5.74, 6) is 6.66. The molecule has 0 aliphatic carbocycles. The molecule has 0 unspecified atom stereocenters. The van der Waals surface area contributed by atoms with Crippen LogP contribution in [0, 0.1) is 11.8 Å². The van der Waals surface area contributed by atoms with Crippen molar-refractivity contribution in [3.05, 3.63) is 113 Å². The summed E-state index contributed by atoms with van der Waals surface area (Å²) in [7, 11) is 0. The topological polar surface area (TPSA) is 61.5 Å². The number of ether oxygens (including phenoxy) is 1. The first-order valence-electron chi connectivity index (χ1n) is 11.5. The number of pyridine rings is 1. The van der Waals surface area contributed by atoms with Gasteiger partial charge in [-0.3, -0.25) is 4.79 Å². The molecule has 1 N–H and O–H groups in total. The maximum atomic E-state index is 12.8. The maximum absolute atomic E-state index is 12.8. The lowest BCUT2D eigenvalue weighted by Crippen LogP contribution is -2.40. The third-order valence-electron chi connectivity index (χ3n) is 6.23. The number of rotatable bonds is 2. The van der Waals surface area contributed by atoms with Gasteiger partial charge in [0.05, 0.1) is 24.6 Å². The summed E-state index contributed by atoms with van der Waals surface area (Å²) in [5, 5.41) is 1.00. The molecule has 6 nitrogen and oxygen atoms in total. The van der Waals surface area contributed by atoms with E-state index in [-0.39, 0.29) is 5.91 Å². The molecule has 1 fully saturated rings. The van der Waals surface area contributed by atoms with E-state index in [1.54, 1.807) is 6.20 Å². The number of nitrogens with one attached hydrogen (secondary N) is 1. The van der Waals surface area contributed by atoms with E-state index in [9.17, 15) is 4.79 Å². The molecule has 6 rings (SSSR count). The number of hydrogen-bond acceptors (Lipinski definition) is 4. The molecule has 1 saturated heterocycles. The Bertz CT molecular complexity index is 1530. The molecule has 3 aliphatic heterocycles. The molecule has 3 aliphatic rings. The Kier molecular flexibility index (Phi) is 5.40. The first kappa shape index (κ1) is 21.0. The highest BCUT2D eigenvalue weighted by Gasteiger charge is 2.20. The number of nitrogens with zero attached hydrogens (tertiary/aromatic N) is 3. The summed E-state index contributed by atoms with van der Waals surface area (Å²) in [4.78, 5) is 24.1. The number of benzene rings is 1. The quantitative estimate of drug-likeness (QED) is 0.461. The highest BCUT2D eigenvalue weighted by atomic mass is 16.5. The minimum atomic E-state index is 0.0486. The van der Waals surface area contributed by atoms with Gasteiger partial charge in [0.1, 0.15) is 5.65 Å². The number of morpholine rings is 1. The molecule has 2 aromatic heterocycles. The second kappa shape index (κ2) is 9.00. The van der Waals surface area contributed by atoms with E-state index in [1.165, 1.54) is 0 Å². The van der Waals surface area contributed by atoms with Gasteiger partial charge >= 0.3 is 0 Å². The van der Waals surface area contributed by atoms with Crippen LogP contribution >= 0.6 is 0 Å². The molecule has 6 heteroatoms. The van der Waals surface area contributed by atoms with Crippen molar-refractivity contribution in [2.45, 2.75) is 0 Å². The molecule has 0 bridgehead atoms. The zero-order valence-electron chi connectivity index (χ0n) is 19.0. The number of carbonyl (C=O) groups excluding carboxylic acids is 1. The summed E-state index contributed by atoms with van der Waals surface area (Å²) in [6.07, 6.45) is 13.6.